The lowest BCUT2D eigenvalue weighted by molar-refractivity contribution is 0.562. The molecule has 11 heteroatoms. The Balaban J connectivity index is 2.02. The molecule has 3 aromatic rings. The number of hydrogen-bond donors (Lipinski definition) is 4. The van der Waals surface area contributed by atoms with Crippen molar-refractivity contribution in [3.8, 4) is 0 Å². The van der Waals surface area contributed by atoms with Crippen LogP contribution in [0.25, 0.3) is 4.96 Å². The van der Waals surface area contributed by atoms with Gasteiger partial charge in [-0.15, -0.1) is 11.3 Å². The van der Waals surface area contributed by atoms with Gasteiger partial charge in [0, 0.05) is 29.4 Å². The molecule has 112 valence electrons. The van der Waals surface area contributed by atoms with Crippen LogP contribution in [-0.4, -0.2) is 28.0 Å². The van der Waals surface area contributed by atoms with Gasteiger partial charge in [-0.2, -0.15) is 10.1 Å². The highest BCUT2D eigenvalue weighted by atomic mass is 32.2. The van der Waals surface area contributed by atoms with Crippen LogP contribution in [0.4, 0.5) is 5.82 Å². The van der Waals surface area contributed by atoms with Crippen molar-refractivity contribution in [2.24, 2.45) is 5.84 Å². The van der Waals surface area contributed by atoms with Crippen molar-refractivity contribution in [2.75, 3.05) is 5.43 Å². The second-order valence-electron chi connectivity index (χ2n) is 4.34. The molecule has 0 saturated heterocycles. The molecule has 0 spiro atoms. The number of anilines is 1. The number of nitrogens with two attached hydrogens (primary N) is 1. The van der Waals surface area contributed by atoms with Crippen molar-refractivity contribution in [1.29, 1.82) is 0 Å². The number of nitrogens with one attached hydrogen (secondary N) is 3. The minimum Gasteiger partial charge on any atom is -0.306 e. The normalized spacial score (nSPS) is 13.6. The molecule has 0 aliphatic rings. The number of hydrazine groups is 1. The topological polar surface area (TPSA) is 130 Å². The summed E-state index contributed by atoms with van der Waals surface area (Å²) in [6.45, 7) is 1.73. The number of rotatable bonds is 5. The van der Waals surface area contributed by atoms with Crippen molar-refractivity contribution in [1.82, 2.24) is 24.3 Å². The zero-order chi connectivity index (χ0) is 15.0. The maximum atomic E-state index is 12.6. The number of aromatic nitrogens is 4. The molecule has 1 atom stereocenters. The Hall–Kier alpha value is -1.95. The van der Waals surface area contributed by atoms with Crippen molar-refractivity contribution >= 4 is 32.1 Å². The maximum absolute atomic E-state index is 12.6. The molecule has 0 aliphatic carbocycles. The standard InChI is InChI=1S/C10H13N7O2S2/c1-6(7-4-12-13-5-7)16-21(18,19)9-8(15-11)14-10-17(9)2-3-20-10/h2-6,15-16H,11H2,1H3,(H,12,13). The van der Waals surface area contributed by atoms with Crippen LogP contribution in [0.1, 0.15) is 18.5 Å². The smallest absolute Gasteiger partial charge is 0.261 e. The van der Waals surface area contributed by atoms with E-state index in [1.807, 2.05) is 0 Å². The first kappa shape index (κ1) is 14.0. The van der Waals surface area contributed by atoms with Gasteiger partial charge in [0.1, 0.15) is 0 Å². The van der Waals surface area contributed by atoms with Crippen molar-refractivity contribution in [3.63, 3.8) is 0 Å². The van der Waals surface area contributed by atoms with Gasteiger partial charge in [0.05, 0.1) is 6.20 Å². The number of aromatic amines is 1. The highest BCUT2D eigenvalue weighted by molar-refractivity contribution is 7.89. The summed E-state index contributed by atoms with van der Waals surface area (Å²) >= 11 is 1.32. The van der Waals surface area contributed by atoms with E-state index in [9.17, 15) is 8.42 Å². The van der Waals surface area contributed by atoms with Gasteiger partial charge >= 0.3 is 0 Å². The molecule has 5 N–H and O–H groups in total. The number of imidazole rings is 1. The SMILES string of the molecule is CC(NS(=O)(=O)c1c(NN)nc2sccn12)c1cn[nH]c1. The third-order valence-corrected chi connectivity index (χ3v) is 5.28. The molecule has 9 nitrogen and oxygen atoms in total. The van der Waals surface area contributed by atoms with Crippen LogP contribution in [0, 0.1) is 0 Å². The minimum atomic E-state index is -3.81. The molecular weight excluding hydrogens is 314 g/mol. The summed E-state index contributed by atoms with van der Waals surface area (Å²) in [5, 5.41) is 8.18. The summed E-state index contributed by atoms with van der Waals surface area (Å²) in [4.78, 5) is 4.68. The predicted octanol–water partition coefficient (Wildman–Crippen LogP) is 0.444. The molecule has 1 unspecified atom stereocenters. The monoisotopic (exact) mass is 327 g/mol. The fourth-order valence-corrected chi connectivity index (χ4v) is 4.22. The van der Waals surface area contributed by atoms with Crippen LogP contribution < -0.4 is 16.0 Å². The summed E-state index contributed by atoms with van der Waals surface area (Å²) in [6, 6.07) is -0.441. The number of hydrogen-bond acceptors (Lipinski definition) is 7. The zero-order valence-corrected chi connectivity index (χ0v) is 12.6. The summed E-state index contributed by atoms with van der Waals surface area (Å²) in [5.74, 6) is 5.47. The number of nitrogens with zero attached hydrogens (tertiary/aromatic N) is 3. The van der Waals surface area contributed by atoms with E-state index in [0.717, 1.165) is 5.56 Å². The third-order valence-electron chi connectivity index (χ3n) is 2.96. The van der Waals surface area contributed by atoms with Crippen LogP contribution in [0.2, 0.25) is 0 Å². The number of H-pyrrole nitrogens is 1. The van der Waals surface area contributed by atoms with E-state index >= 15 is 0 Å². The van der Waals surface area contributed by atoms with Crippen LogP contribution in [0.15, 0.2) is 29.0 Å². The largest absolute Gasteiger partial charge is 0.306 e. The predicted molar refractivity (Wildman–Crippen MR) is 78.2 cm³/mol. The molecule has 0 bridgehead atoms. The van der Waals surface area contributed by atoms with E-state index < -0.39 is 16.1 Å². The number of sulfonamides is 1. The molecule has 0 aromatic carbocycles. The minimum absolute atomic E-state index is 0.0170. The van der Waals surface area contributed by atoms with E-state index in [4.69, 9.17) is 5.84 Å². The molecule has 3 rings (SSSR count). The number of nitrogen functional groups attached to an aromatic ring is 1. The van der Waals surface area contributed by atoms with Gasteiger partial charge in [-0.3, -0.25) is 9.50 Å². The van der Waals surface area contributed by atoms with Crippen molar-refractivity contribution < 1.29 is 8.42 Å². The molecule has 0 amide bonds. The second-order valence-corrected chi connectivity index (χ2v) is 6.84. The second kappa shape index (κ2) is 5.11. The van der Waals surface area contributed by atoms with Crippen LogP contribution >= 0.6 is 11.3 Å². The van der Waals surface area contributed by atoms with Gasteiger partial charge in [0.2, 0.25) is 5.03 Å². The van der Waals surface area contributed by atoms with Crippen molar-refractivity contribution in [3.05, 3.63) is 29.5 Å². The molecule has 0 aliphatic heterocycles. The van der Waals surface area contributed by atoms with Gasteiger partial charge in [0.25, 0.3) is 10.0 Å². The van der Waals surface area contributed by atoms with Gasteiger partial charge in [-0.1, -0.05) is 0 Å². The fourth-order valence-electron chi connectivity index (χ4n) is 1.97. The number of thiazole rings is 1. The molecule has 0 fully saturated rings. The average Bonchev–Trinajstić information content (AvgIpc) is 3.13. The zero-order valence-electron chi connectivity index (χ0n) is 10.9. The third kappa shape index (κ3) is 2.40. The van der Waals surface area contributed by atoms with Crippen LogP contribution in [0.5, 0.6) is 0 Å². The Morgan fingerprint density at radius 2 is 2.33 bits per heavy atom. The first-order valence-electron chi connectivity index (χ1n) is 5.96. The van der Waals surface area contributed by atoms with Gasteiger partial charge < -0.3 is 5.43 Å². The molecule has 3 aromatic heterocycles. The number of fused-ring (bicyclic) bond motifs is 1. The quantitative estimate of drug-likeness (QED) is 0.397. The van der Waals surface area contributed by atoms with E-state index in [2.05, 4.69) is 25.3 Å². The van der Waals surface area contributed by atoms with E-state index in [1.54, 1.807) is 30.9 Å². The molecule has 21 heavy (non-hydrogen) atoms. The first-order chi connectivity index (χ1) is 10.0. The van der Waals surface area contributed by atoms with E-state index in [0.29, 0.717) is 4.96 Å². The summed E-state index contributed by atoms with van der Waals surface area (Å²) in [6.07, 6.45) is 4.82. The Morgan fingerprint density at radius 3 is 3.00 bits per heavy atom. The van der Waals surface area contributed by atoms with Crippen LogP contribution in [0.3, 0.4) is 0 Å². The summed E-state index contributed by atoms with van der Waals surface area (Å²) < 4.78 is 29.2. The van der Waals surface area contributed by atoms with Crippen LogP contribution in [-0.2, 0) is 10.0 Å². The van der Waals surface area contributed by atoms with E-state index in [1.165, 1.54) is 15.7 Å². The van der Waals surface area contributed by atoms with E-state index in [-0.39, 0.29) is 10.8 Å². The lowest BCUT2D eigenvalue weighted by Crippen LogP contribution is -2.28. The fraction of sp³-hybridized carbons (Fsp3) is 0.200. The van der Waals surface area contributed by atoms with Crippen molar-refractivity contribution in [2.45, 2.75) is 18.0 Å². The molecule has 0 saturated carbocycles. The highest BCUT2D eigenvalue weighted by Crippen LogP contribution is 2.26. The first-order valence-corrected chi connectivity index (χ1v) is 8.32. The molecule has 3 heterocycles. The Morgan fingerprint density at radius 1 is 1.52 bits per heavy atom. The van der Waals surface area contributed by atoms with Gasteiger partial charge in [-0.25, -0.2) is 19.0 Å². The maximum Gasteiger partial charge on any atom is 0.261 e. The molecule has 0 radical (unpaired) electrons. The van der Waals surface area contributed by atoms with Gasteiger partial charge in [-0.05, 0) is 6.92 Å². The lowest BCUT2D eigenvalue weighted by atomic mass is 10.2. The Labute approximate surface area is 124 Å². The Bertz CT molecular complexity index is 849. The average molecular weight is 327 g/mol. The Kier molecular flexibility index (Phi) is 3.41. The summed E-state index contributed by atoms with van der Waals surface area (Å²) in [7, 11) is -3.81. The summed E-state index contributed by atoms with van der Waals surface area (Å²) in [5.41, 5.74) is 3.05. The van der Waals surface area contributed by atoms with Gasteiger partial charge in [0.15, 0.2) is 10.8 Å². The highest BCUT2D eigenvalue weighted by Gasteiger charge is 2.27. The lowest BCUT2D eigenvalue weighted by Gasteiger charge is -2.12. The molecular formula is C10H13N7O2S2.